The SMILES string of the molecule is C=CN(C)C(C=N)=C(N)C1=Cc2cccnc2[C@@H](N2CCN(C(=O)OC3CC3)CC2)c2ccc(Cl)cc21. The first-order chi connectivity index (χ1) is 17.9. The number of aromatic nitrogens is 1. The van der Waals surface area contributed by atoms with E-state index in [1.807, 2.05) is 43.5 Å². The van der Waals surface area contributed by atoms with Crippen LogP contribution in [0.15, 0.2) is 60.7 Å². The molecule has 2 fully saturated rings. The Morgan fingerprint density at radius 2 is 2.03 bits per heavy atom. The first kappa shape index (κ1) is 25.0. The number of carbonyl (C=O) groups excluding carboxylic acids is 1. The van der Waals surface area contributed by atoms with E-state index in [9.17, 15) is 4.79 Å². The van der Waals surface area contributed by atoms with Crippen molar-refractivity contribution in [2.75, 3.05) is 33.2 Å². The van der Waals surface area contributed by atoms with E-state index in [-0.39, 0.29) is 18.2 Å². The van der Waals surface area contributed by atoms with E-state index in [2.05, 4.69) is 11.5 Å². The van der Waals surface area contributed by atoms with Gasteiger partial charge in [-0.15, -0.1) is 0 Å². The fraction of sp³-hybridized carbons (Fsp3) is 0.321. The van der Waals surface area contributed by atoms with Crippen molar-refractivity contribution in [3.8, 4) is 0 Å². The molecule has 1 amide bonds. The van der Waals surface area contributed by atoms with Crippen LogP contribution >= 0.6 is 11.6 Å². The van der Waals surface area contributed by atoms with E-state index in [1.54, 1.807) is 22.2 Å². The molecule has 37 heavy (non-hydrogen) atoms. The summed E-state index contributed by atoms with van der Waals surface area (Å²) in [6, 6.07) is 9.62. The van der Waals surface area contributed by atoms with Crippen molar-refractivity contribution in [1.29, 1.82) is 5.41 Å². The highest BCUT2D eigenvalue weighted by molar-refractivity contribution is 6.30. The van der Waals surface area contributed by atoms with E-state index in [0.29, 0.717) is 42.6 Å². The Labute approximate surface area is 222 Å². The van der Waals surface area contributed by atoms with Crippen molar-refractivity contribution in [2.45, 2.75) is 25.0 Å². The standard InChI is InChI=1S/C28H31ClN6O2/c1-3-33(2)24(17-30)25(31)23-15-18-5-4-10-32-26(18)27(21-9-6-19(29)16-22(21)23)34-11-13-35(14-12-34)28(36)37-20-7-8-20/h3-6,9-10,15-17,20,27,30H,1,7-8,11-14,31H2,2H3/t27-/m0/s1. The zero-order valence-corrected chi connectivity index (χ0v) is 21.6. The maximum atomic E-state index is 12.5. The number of carbonyl (C=O) groups is 1. The first-order valence-electron chi connectivity index (χ1n) is 12.4. The zero-order valence-electron chi connectivity index (χ0n) is 20.9. The van der Waals surface area contributed by atoms with Gasteiger partial charge in [0.1, 0.15) is 6.10 Å². The summed E-state index contributed by atoms with van der Waals surface area (Å²) >= 11 is 6.51. The monoisotopic (exact) mass is 518 g/mol. The van der Waals surface area contributed by atoms with Crippen LogP contribution in [0.5, 0.6) is 0 Å². The molecule has 1 saturated carbocycles. The number of nitrogens with two attached hydrogens (primary N) is 1. The maximum absolute atomic E-state index is 12.5. The number of benzene rings is 1. The van der Waals surface area contributed by atoms with Crippen LogP contribution < -0.4 is 5.73 Å². The van der Waals surface area contributed by atoms with Gasteiger partial charge in [0.25, 0.3) is 0 Å². The van der Waals surface area contributed by atoms with Gasteiger partial charge in [0.05, 0.1) is 23.1 Å². The van der Waals surface area contributed by atoms with E-state index in [1.165, 1.54) is 6.21 Å². The van der Waals surface area contributed by atoms with Crippen molar-refractivity contribution in [2.24, 2.45) is 5.73 Å². The van der Waals surface area contributed by atoms with Gasteiger partial charge in [0, 0.05) is 56.2 Å². The predicted octanol–water partition coefficient (Wildman–Crippen LogP) is 4.49. The van der Waals surface area contributed by atoms with Gasteiger partial charge < -0.3 is 25.7 Å². The molecule has 1 saturated heterocycles. The third kappa shape index (κ3) is 4.99. The van der Waals surface area contributed by atoms with Crippen LogP contribution in [0, 0.1) is 5.41 Å². The summed E-state index contributed by atoms with van der Waals surface area (Å²) in [6.45, 7) is 6.33. The van der Waals surface area contributed by atoms with Gasteiger partial charge in [-0.1, -0.05) is 30.3 Å². The molecular formula is C28H31ClN6O2. The van der Waals surface area contributed by atoms with Gasteiger partial charge >= 0.3 is 6.09 Å². The summed E-state index contributed by atoms with van der Waals surface area (Å²) in [6.07, 6.45) is 8.47. The lowest BCUT2D eigenvalue weighted by atomic mass is 9.92. The average molecular weight is 519 g/mol. The third-order valence-corrected chi connectivity index (χ3v) is 7.35. The fourth-order valence-electron chi connectivity index (χ4n) is 4.93. The second-order valence-corrected chi connectivity index (χ2v) is 9.95. The summed E-state index contributed by atoms with van der Waals surface area (Å²) < 4.78 is 5.51. The Morgan fingerprint density at radius 3 is 2.70 bits per heavy atom. The number of ether oxygens (including phenoxy) is 1. The van der Waals surface area contributed by atoms with E-state index < -0.39 is 0 Å². The Balaban J connectivity index is 1.57. The largest absolute Gasteiger partial charge is 0.446 e. The summed E-state index contributed by atoms with van der Waals surface area (Å²) in [5, 5.41) is 8.59. The summed E-state index contributed by atoms with van der Waals surface area (Å²) in [7, 11) is 1.81. The van der Waals surface area contributed by atoms with Gasteiger partial charge in [-0.25, -0.2) is 4.79 Å². The zero-order chi connectivity index (χ0) is 26.1. The molecule has 3 aliphatic rings. The van der Waals surface area contributed by atoms with Crippen molar-refractivity contribution < 1.29 is 9.53 Å². The lowest BCUT2D eigenvalue weighted by molar-refractivity contribution is 0.0639. The minimum absolute atomic E-state index is 0.0917. The number of halogens is 1. The van der Waals surface area contributed by atoms with Crippen LogP contribution in [-0.4, -0.2) is 71.3 Å². The van der Waals surface area contributed by atoms with Crippen molar-refractivity contribution in [3.63, 3.8) is 0 Å². The van der Waals surface area contributed by atoms with Gasteiger partial charge in [-0.3, -0.25) is 9.88 Å². The number of hydrogen-bond donors (Lipinski definition) is 2. The van der Waals surface area contributed by atoms with Crippen molar-refractivity contribution in [3.05, 3.63) is 88.1 Å². The summed E-state index contributed by atoms with van der Waals surface area (Å²) in [5.74, 6) is 0. The molecule has 2 aromatic rings. The number of rotatable bonds is 6. The second-order valence-electron chi connectivity index (χ2n) is 9.51. The molecule has 9 heteroatoms. The molecule has 5 rings (SSSR count). The van der Waals surface area contributed by atoms with Crippen LogP contribution in [0.4, 0.5) is 4.79 Å². The molecule has 2 aliphatic carbocycles. The molecule has 0 spiro atoms. The molecular weight excluding hydrogens is 488 g/mol. The molecule has 0 bridgehead atoms. The van der Waals surface area contributed by atoms with Crippen LogP contribution in [-0.2, 0) is 4.74 Å². The number of amides is 1. The van der Waals surface area contributed by atoms with E-state index in [4.69, 9.17) is 32.5 Å². The molecule has 192 valence electrons. The van der Waals surface area contributed by atoms with Gasteiger partial charge in [-0.05, 0) is 60.0 Å². The Bertz CT molecular complexity index is 1290. The number of allylic oxidation sites excluding steroid dienone is 2. The molecule has 1 atom stereocenters. The minimum atomic E-state index is -0.221. The van der Waals surface area contributed by atoms with Gasteiger partial charge in [0.15, 0.2) is 0 Å². The Hall–Kier alpha value is -3.62. The Kier molecular flexibility index (Phi) is 7.04. The minimum Gasteiger partial charge on any atom is -0.446 e. The smallest absolute Gasteiger partial charge is 0.410 e. The van der Waals surface area contributed by atoms with Crippen LogP contribution in [0.1, 0.15) is 41.3 Å². The highest BCUT2D eigenvalue weighted by Gasteiger charge is 2.35. The third-order valence-electron chi connectivity index (χ3n) is 7.12. The number of fused-ring (bicyclic) bond motifs is 2. The van der Waals surface area contributed by atoms with E-state index >= 15 is 0 Å². The van der Waals surface area contributed by atoms with Crippen LogP contribution in [0.25, 0.3) is 11.6 Å². The normalized spacial score (nSPS) is 20.0. The highest BCUT2D eigenvalue weighted by atomic mass is 35.5. The van der Waals surface area contributed by atoms with Gasteiger partial charge in [-0.2, -0.15) is 0 Å². The summed E-state index contributed by atoms with van der Waals surface area (Å²) in [4.78, 5) is 23.2. The molecule has 1 aromatic heterocycles. The molecule has 8 nitrogen and oxygen atoms in total. The van der Waals surface area contributed by atoms with Crippen LogP contribution in [0.3, 0.4) is 0 Å². The summed E-state index contributed by atoms with van der Waals surface area (Å²) in [5.41, 5.74) is 12.2. The fourth-order valence-corrected chi connectivity index (χ4v) is 5.10. The topological polar surface area (TPSA) is 98.8 Å². The molecule has 0 unspecified atom stereocenters. The van der Waals surface area contributed by atoms with Gasteiger partial charge in [0.2, 0.25) is 0 Å². The molecule has 0 radical (unpaired) electrons. The second kappa shape index (κ2) is 10.4. The number of pyridine rings is 1. The lowest BCUT2D eigenvalue weighted by Gasteiger charge is -2.39. The molecule has 1 aliphatic heterocycles. The highest BCUT2D eigenvalue weighted by Crippen LogP contribution is 2.42. The predicted molar refractivity (Wildman–Crippen MR) is 146 cm³/mol. The number of hydrogen-bond acceptors (Lipinski definition) is 7. The molecule has 2 heterocycles. The maximum Gasteiger partial charge on any atom is 0.410 e. The quantitative estimate of drug-likeness (QED) is 0.547. The molecule has 3 N–H and O–H groups in total. The van der Waals surface area contributed by atoms with Crippen molar-refractivity contribution in [1.82, 2.24) is 19.7 Å². The number of nitrogens with zero attached hydrogens (tertiary/aromatic N) is 4. The van der Waals surface area contributed by atoms with Crippen molar-refractivity contribution >= 4 is 35.6 Å². The number of piperazine rings is 1. The Morgan fingerprint density at radius 1 is 1.27 bits per heavy atom. The lowest BCUT2D eigenvalue weighted by Crippen LogP contribution is -2.50. The molecule has 1 aromatic carbocycles. The van der Waals surface area contributed by atoms with E-state index in [0.717, 1.165) is 40.8 Å². The number of nitrogens with one attached hydrogen (secondary N) is 1. The first-order valence-corrected chi connectivity index (χ1v) is 12.8. The average Bonchev–Trinajstić information content (AvgIpc) is 3.74. The van der Waals surface area contributed by atoms with Crippen LogP contribution in [0.2, 0.25) is 5.02 Å².